The van der Waals surface area contributed by atoms with Gasteiger partial charge in [0, 0.05) is 24.5 Å². The van der Waals surface area contributed by atoms with Gasteiger partial charge >= 0.3 is 0 Å². The molecule has 1 atom stereocenters. The third-order valence-corrected chi connectivity index (χ3v) is 6.07. The van der Waals surface area contributed by atoms with Gasteiger partial charge in [0.15, 0.2) is 5.16 Å². The van der Waals surface area contributed by atoms with Gasteiger partial charge in [-0.25, -0.2) is 4.98 Å². The van der Waals surface area contributed by atoms with Crippen LogP contribution in [0.5, 0.6) is 0 Å². The first kappa shape index (κ1) is 16.6. The Hall–Kier alpha value is -1.24. The van der Waals surface area contributed by atoms with E-state index < -0.39 is 0 Å². The minimum Gasteiger partial charge on any atom is -0.383 e. The first-order chi connectivity index (χ1) is 11.2. The molecule has 1 aromatic carbocycles. The van der Waals surface area contributed by atoms with Gasteiger partial charge in [-0.3, -0.25) is 9.36 Å². The van der Waals surface area contributed by atoms with Crippen LogP contribution in [0.3, 0.4) is 0 Å². The van der Waals surface area contributed by atoms with E-state index in [1.165, 1.54) is 5.56 Å². The summed E-state index contributed by atoms with van der Waals surface area (Å²) in [6.07, 6.45) is 0.883. The van der Waals surface area contributed by atoms with Crippen LogP contribution in [-0.2, 0) is 17.7 Å². The van der Waals surface area contributed by atoms with Gasteiger partial charge in [0.25, 0.3) is 5.56 Å². The van der Waals surface area contributed by atoms with Gasteiger partial charge in [-0.1, -0.05) is 42.1 Å². The van der Waals surface area contributed by atoms with Crippen LogP contribution in [0, 0.1) is 0 Å². The second kappa shape index (κ2) is 7.55. The number of hydrogen-bond acceptors (Lipinski definition) is 5. The zero-order chi connectivity index (χ0) is 16.2. The molecule has 1 aromatic heterocycles. The van der Waals surface area contributed by atoms with Gasteiger partial charge < -0.3 is 4.74 Å². The molecule has 0 bridgehead atoms. The molecule has 0 aliphatic carbocycles. The van der Waals surface area contributed by atoms with E-state index in [0.717, 1.165) is 27.9 Å². The summed E-state index contributed by atoms with van der Waals surface area (Å²) in [6, 6.07) is 10.3. The molecule has 0 fully saturated rings. The molecule has 4 nitrogen and oxygen atoms in total. The number of nitrogens with zero attached hydrogens (tertiary/aromatic N) is 2. The summed E-state index contributed by atoms with van der Waals surface area (Å²) in [6.45, 7) is 3.20. The number of ether oxygens (including phenoxy) is 1. The average Bonchev–Trinajstić information content (AvgIpc) is 3.04. The predicted octanol–water partition coefficient (Wildman–Crippen LogP) is 3.39. The number of benzene rings is 1. The van der Waals surface area contributed by atoms with E-state index in [1.54, 1.807) is 35.2 Å². The van der Waals surface area contributed by atoms with E-state index in [-0.39, 0.29) is 10.8 Å². The Kier molecular flexibility index (Phi) is 5.46. The quantitative estimate of drug-likeness (QED) is 0.591. The Morgan fingerprint density at radius 2 is 2.17 bits per heavy atom. The Balaban J connectivity index is 1.94. The topological polar surface area (TPSA) is 44.1 Å². The molecule has 122 valence electrons. The van der Waals surface area contributed by atoms with Gasteiger partial charge in [0.1, 0.15) is 0 Å². The molecule has 0 saturated carbocycles. The molecule has 0 N–H and O–H groups in total. The lowest BCUT2D eigenvalue weighted by Crippen LogP contribution is -2.27. The van der Waals surface area contributed by atoms with Crippen molar-refractivity contribution in [3.05, 3.63) is 51.9 Å². The van der Waals surface area contributed by atoms with Gasteiger partial charge in [-0.15, -0.1) is 11.8 Å². The summed E-state index contributed by atoms with van der Waals surface area (Å²) in [4.78, 5) is 18.3. The van der Waals surface area contributed by atoms with Gasteiger partial charge in [0.05, 0.1) is 23.7 Å². The zero-order valence-corrected chi connectivity index (χ0v) is 15.0. The molecule has 0 radical (unpaired) electrons. The van der Waals surface area contributed by atoms with Gasteiger partial charge in [0.2, 0.25) is 0 Å². The highest BCUT2D eigenvalue weighted by atomic mass is 32.2. The largest absolute Gasteiger partial charge is 0.383 e. The highest BCUT2D eigenvalue weighted by Gasteiger charge is 2.22. The van der Waals surface area contributed by atoms with E-state index in [1.807, 2.05) is 18.2 Å². The lowest BCUT2D eigenvalue weighted by Gasteiger charge is -2.16. The highest BCUT2D eigenvalue weighted by Crippen LogP contribution is 2.35. The summed E-state index contributed by atoms with van der Waals surface area (Å²) in [7, 11) is 1.65. The maximum absolute atomic E-state index is 12.7. The van der Waals surface area contributed by atoms with Crippen LogP contribution in [0.25, 0.3) is 0 Å². The van der Waals surface area contributed by atoms with Crippen molar-refractivity contribution in [2.45, 2.75) is 35.2 Å². The van der Waals surface area contributed by atoms with E-state index >= 15 is 0 Å². The van der Waals surface area contributed by atoms with Crippen molar-refractivity contribution in [1.29, 1.82) is 0 Å². The Morgan fingerprint density at radius 3 is 2.91 bits per heavy atom. The summed E-state index contributed by atoms with van der Waals surface area (Å²) < 4.78 is 6.93. The number of aromatic nitrogens is 2. The third kappa shape index (κ3) is 3.65. The van der Waals surface area contributed by atoms with Crippen molar-refractivity contribution in [1.82, 2.24) is 9.55 Å². The fourth-order valence-corrected chi connectivity index (χ4v) is 4.66. The fraction of sp³-hybridized carbons (Fsp3) is 0.412. The highest BCUT2D eigenvalue weighted by molar-refractivity contribution is 7.99. The molecule has 0 unspecified atom stereocenters. The van der Waals surface area contributed by atoms with Crippen molar-refractivity contribution in [2.24, 2.45) is 0 Å². The minimum atomic E-state index is 0.0808. The Bertz CT molecular complexity index is 731. The van der Waals surface area contributed by atoms with E-state index in [4.69, 9.17) is 9.72 Å². The molecular weight excluding hydrogens is 328 g/mol. The summed E-state index contributed by atoms with van der Waals surface area (Å²) >= 11 is 3.26. The summed E-state index contributed by atoms with van der Waals surface area (Å²) in [5.41, 5.74) is 2.27. The van der Waals surface area contributed by atoms with Crippen molar-refractivity contribution in [3.8, 4) is 0 Å². The SMILES string of the molecule is COCCn1c(S[C@@H](C)c2ccccc2)nc2c(c1=O)SCC2. The smallest absolute Gasteiger partial charge is 0.268 e. The maximum atomic E-state index is 12.7. The van der Waals surface area contributed by atoms with Crippen molar-refractivity contribution < 1.29 is 4.74 Å². The molecule has 6 heteroatoms. The third-order valence-electron chi connectivity index (χ3n) is 3.82. The van der Waals surface area contributed by atoms with Crippen LogP contribution in [0.2, 0.25) is 0 Å². The van der Waals surface area contributed by atoms with E-state index in [2.05, 4.69) is 19.1 Å². The number of methoxy groups -OCH3 is 1. The Labute approximate surface area is 144 Å². The second-order valence-corrected chi connectivity index (χ2v) is 7.80. The van der Waals surface area contributed by atoms with Crippen LogP contribution in [0.15, 0.2) is 45.2 Å². The average molecular weight is 348 g/mol. The van der Waals surface area contributed by atoms with Crippen LogP contribution in [-0.4, -0.2) is 29.0 Å². The van der Waals surface area contributed by atoms with Crippen LogP contribution in [0.4, 0.5) is 0 Å². The summed E-state index contributed by atoms with van der Waals surface area (Å²) in [5, 5.41) is 1.04. The lowest BCUT2D eigenvalue weighted by atomic mass is 10.2. The molecule has 1 aliphatic heterocycles. The van der Waals surface area contributed by atoms with E-state index in [0.29, 0.717) is 13.2 Å². The molecular formula is C17H20N2O2S2. The van der Waals surface area contributed by atoms with Crippen molar-refractivity contribution in [3.63, 3.8) is 0 Å². The number of fused-ring (bicyclic) bond motifs is 1. The number of thioether (sulfide) groups is 2. The van der Waals surface area contributed by atoms with Gasteiger partial charge in [-0.05, 0) is 12.5 Å². The fourth-order valence-electron chi connectivity index (χ4n) is 2.54. The van der Waals surface area contributed by atoms with Crippen molar-refractivity contribution in [2.75, 3.05) is 19.5 Å². The monoisotopic (exact) mass is 348 g/mol. The molecule has 3 rings (SSSR count). The summed E-state index contributed by atoms with van der Waals surface area (Å²) in [5.74, 6) is 0.949. The number of aryl methyl sites for hydroxylation is 1. The van der Waals surface area contributed by atoms with Crippen LogP contribution in [0.1, 0.15) is 23.4 Å². The van der Waals surface area contributed by atoms with Crippen LogP contribution >= 0.6 is 23.5 Å². The van der Waals surface area contributed by atoms with Gasteiger partial charge in [-0.2, -0.15) is 0 Å². The van der Waals surface area contributed by atoms with Crippen LogP contribution < -0.4 is 5.56 Å². The lowest BCUT2D eigenvalue weighted by molar-refractivity contribution is 0.182. The molecule has 1 aliphatic rings. The predicted molar refractivity (Wildman–Crippen MR) is 95.5 cm³/mol. The zero-order valence-electron chi connectivity index (χ0n) is 13.3. The molecule has 2 aromatic rings. The molecule has 0 saturated heterocycles. The van der Waals surface area contributed by atoms with Crippen molar-refractivity contribution >= 4 is 23.5 Å². The standard InChI is InChI=1S/C17H20N2O2S2/c1-12(13-6-4-3-5-7-13)23-17-18-14-8-11-22-15(14)16(20)19(17)9-10-21-2/h3-7,12H,8-11H2,1-2H3/t12-/m0/s1. The molecule has 0 amide bonds. The van der Waals surface area contributed by atoms with E-state index in [9.17, 15) is 4.79 Å². The number of rotatable bonds is 6. The number of hydrogen-bond donors (Lipinski definition) is 0. The molecule has 2 heterocycles. The first-order valence-electron chi connectivity index (χ1n) is 7.67. The minimum absolute atomic E-state index is 0.0808. The normalized spacial score (nSPS) is 14.7. The Morgan fingerprint density at radius 1 is 1.39 bits per heavy atom. The molecule has 0 spiro atoms. The first-order valence-corrected chi connectivity index (χ1v) is 9.54. The second-order valence-electron chi connectivity index (χ2n) is 5.39. The maximum Gasteiger partial charge on any atom is 0.268 e. The molecule has 23 heavy (non-hydrogen) atoms.